The molecule has 7 heteroatoms. The van der Waals surface area contributed by atoms with Crippen molar-refractivity contribution in [3.8, 4) is 23.8 Å². The van der Waals surface area contributed by atoms with Crippen LogP contribution in [-0.2, 0) is 11.2 Å². The topological polar surface area (TPSA) is 59.9 Å². The van der Waals surface area contributed by atoms with Crippen LogP contribution >= 0.6 is 11.9 Å². The maximum absolute atomic E-state index is 13.1. The van der Waals surface area contributed by atoms with Gasteiger partial charge in [-0.2, -0.15) is 0 Å². The van der Waals surface area contributed by atoms with Crippen LogP contribution in [-0.4, -0.2) is 38.1 Å². The third-order valence-corrected chi connectivity index (χ3v) is 4.12. The zero-order valence-electron chi connectivity index (χ0n) is 15.7. The molecule has 0 aliphatic heterocycles. The van der Waals surface area contributed by atoms with E-state index in [1.54, 1.807) is 19.4 Å². The highest BCUT2D eigenvalue weighted by Crippen LogP contribution is 2.28. The molecule has 0 atom stereocenters. The number of carbonyl (C=O) groups excluding carboxylic acids is 1. The van der Waals surface area contributed by atoms with Crippen molar-refractivity contribution in [1.29, 1.82) is 0 Å². The van der Waals surface area contributed by atoms with Gasteiger partial charge in [0.05, 0.1) is 7.11 Å². The summed E-state index contributed by atoms with van der Waals surface area (Å²) in [5.74, 6) is 2.87. The summed E-state index contributed by atoms with van der Waals surface area (Å²) in [6.45, 7) is 0.563. The third kappa shape index (κ3) is 6.03. The SMILES string of the molecule is C#CCOc1ccc(CCNC(=O)C(=NSC)c2ccc(F)cc2)cc1OC. The van der Waals surface area contributed by atoms with Gasteiger partial charge in [-0.05, 0) is 60.3 Å². The van der Waals surface area contributed by atoms with Gasteiger partial charge in [0, 0.05) is 18.4 Å². The molecule has 0 aliphatic carbocycles. The molecule has 0 fully saturated rings. The van der Waals surface area contributed by atoms with Crippen LogP contribution in [0.5, 0.6) is 11.5 Å². The molecular weight excluding hydrogens is 379 g/mol. The molecule has 0 saturated carbocycles. The summed E-state index contributed by atoms with van der Waals surface area (Å²) in [4.78, 5) is 12.5. The number of amides is 1. The van der Waals surface area contributed by atoms with Gasteiger partial charge in [0.25, 0.3) is 5.91 Å². The first-order chi connectivity index (χ1) is 13.6. The van der Waals surface area contributed by atoms with Gasteiger partial charge in [-0.15, -0.1) is 6.42 Å². The predicted octanol–water partition coefficient (Wildman–Crippen LogP) is 3.27. The smallest absolute Gasteiger partial charge is 0.271 e. The zero-order chi connectivity index (χ0) is 20.4. The highest BCUT2D eigenvalue weighted by Gasteiger charge is 2.14. The van der Waals surface area contributed by atoms with Crippen molar-refractivity contribution < 1.29 is 18.7 Å². The Bertz CT molecular complexity index is 876. The molecule has 0 saturated heterocycles. The Balaban J connectivity index is 1.99. The van der Waals surface area contributed by atoms with Crippen LogP contribution in [0.1, 0.15) is 11.1 Å². The minimum Gasteiger partial charge on any atom is -0.493 e. The molecule has 2 aromatic carbocycles. The van der Waals surface area contributed by atoms with Gasteiger partial charge >= 0.3 is 0 Å². The number of carbonyl (C=O) groups is 1. The molecule has 0 heterocycles. The van der Waals surface area contributed by atoms with Crippen LogP contribution in [0, 0.1) is 18.2 Å². The summed E-state index contributed by atoms with van der Waals surface area (Å²) < 4.78 is 28.0. The number of ether oxygens (including phenoxy) is 2. The van der Waals surface area contributed by atoms with E-state index in [0.717, 1.165) is 5.56 Å². The van der Waals surface area contributed by atoms with Gasteiger partial charge in [0.2, 0.25) is 0 Å². The second kappa shape index (κ2) is 11.0. The molecule has 1 N–H and O–H groups in total. The van der Waals surface area contributed by atoms with E-state index >= 15 is 0 Å². The Hall–Kier alpha value is -2.98. The van der Waals surface area contributed by atoms with Gasteiger partial charge in [-0.3, -0.25) is 4.79 Å². The van der Waals surface area contributed by atoms with E-state index < -0.39 is 0 Å². The first-order valence-electron chi connectivity index (χ1n) is 8.47. The fourth-order valence-corrected chi connectivity index (χ4v) is 2.81. The summed E-state index contributed by atoms with van der Waals surface area (Å²) in [5.41, 5.74) is 1.78. The molecule has 0 bridgehead atoms. The van der Waals surface area contributed by atoms with Crippen molar-refractivity contribution in [3.05, 3.63) is 59.4 Å². The van der Waals surface area contributed by atoms with E-state index in [1.165, 1.54) is 36.2 Å². The van der Waals surface area contributed by atoms with Crippen molar-refractivity contribution >= 4 is 23.6 Å². The van der Waals surface area contributed by atoms with Crippen molar-refractivity contribution in [2.75, 3.05) is 26.5 Å². The van der Waals surface area contributed by atoms with E-state index in [9.17, 15) is 9.18 Å². The lowest BCUT2D eigenvalue weighted by Gasteiger charge is -2.11. The number of rotatable bonds is 9. The number of hydrogen-bond acceptors (Lipinski definition) is 5. The maximum atomic E-state index is 13.1. The molecule has 2 rings (SSSR count). The quantitative estimate of drug-likeness (QED) is 0.399. The van der Waals surface area contributed by atoms with E-state index in [2.05, 4.69) is 15.6 Å². The molecule has 1 amide bonds. The minimum absolute atomic E-state index is 0.159. The van der Waals surface area contributed by atoms with Gasteiger partial charge in [-0.1, -0.05) is 12.0 Å². The van der Waals surface area contributed by atoms with E-state index in [4.69, 9.17) is 15.9 Å². The Kier molecular flexibility index (Phi) is 8.37. The average Bonchev–Trinajstić information content (AvgIpc) is 2.71. The molecule has 146 valence electrons. The van der Waals surface area contributed by atoms with Crippen molar-refractivity contribution in [2.45, 2.75) is 6.42 Å². The maximum Gasteiger partial charge on any atom is 0.271 e. The fraction of sp³-hybridized carbons (Fsp3) is 0.238. The Morgan fingerprint density at radius 2 is 2.00 bits per heavy atom. The number of methoxy groups -OCH3 is 1. The molecule has 0 radical (unpaired) electrons. The zero-order valence-corrected chi connectivity index (χ0v) is 16.5. The summed E-state index contributed by atoms with van der Waals surface area (Å²) in [6.07, 6.45) is 7.55. The lowest BCUT2D eigenvalue weighted by atomic mass is 10.1. The summed E-state index contributed by atoms with van der Waals surface area (Å²) in [6, 6.07) is 11.2. The number of hydrogen-bond donors (Lipinski definition) is 1. The van der Waals surface area contributed by atoms with Gasteiger partial charge in [0.1, 0.15) is 18.1 Å². The predicted molar refractivity (Wildman–Crippen MR) is 110 cm³/mol. The lowest BCUT2D eigenvalue weighted by molar-refractivity contribution is -0.114. The summed E-state index contributed by atoms with van der Waals surface area (Å²) in [5, 5.41) is 2.84. The standard InChI is InChI=1S/C21H21FN2O3S/c1-4-13-27-18-10-5-15(14-19(18)26-2)11-12-23-21(25)20(24-28-3)16-6-8-17(22)9-7-16/h1,5-10,14H,11-13H2,2-3H3,(H,23,25). The summed E-state index contributed by atoms with van der Waals surface area (Å²) in [7, 11) is 1.55. The van der Waals surface area contributed by atoms with Crippen LogP contribution in [0.25, 0.3) is 0 Å². The lowest BCUT2D eigenvalue weighted by Crippen LogP contribution is -2.33. The molecule has 0 spiro atoms. The number of halogens is 1. The fourth-order valence-electron chi connectivity index (χ4n) is 2.43. The number of nitrogens with zero attached hydrogens (tertiary/aromatic N) is 1. The van der Waals surface area contributed by atoms with E-state index in [1.807, 2.05) is 12.1 Å². The van der Waals surface area contributed by atoms with Crippen LogP contribution in [0.15, 0.2) is 46.9 Å². The van der Waals surface area contributed by atoms with Gasteiger partial charge in [-0.25, -0.2) is 8.79 Å². The molecule has 0 aromatic heterocycles. The van der Waals surface area contributed by atoms with Crippen LogP contribution < -0.4 is 14.8 Å². The average molecular weight is 400 g/mol. The Labute approximate surface area is 168 Å². The monoisotopic (exact) mass is 400 g/mol. The van der Waals surface area contributed by atoms with Crippen LogP contribution in [0.3, 0.4) is 0 Å². The number of nitrogens with one attached hydrogen (secondary N) is 1. The van der Waals surface area contributed by atoms with Crippen molar-refractivity contribution in [3.63, 3.8) is 0 Å². The van der Waals surface area contributed by atoms with E-state index in [-0.39, 0.29) is 24.0 Å². The molecule has 2 aromatic rings. The summed E-state index contributed by atoms with van der Waals surface area (Å²) >= 11 is 1.17. The first-order valence-corrected chi connectivity index (χ1v) is 9.65. The Morgan fingerprint density at radius 3 is 2.64 bits per heavy atom. The van der Waals surface area contributed by atoms with Gasteiger partial charge in [0.15, 0.2) is 11.5 Å². The second-order valence-electron chi connectivity index (χ2n) is 5.61. The normalized spacial score (nSPS) is 10.9. The molecule has 28 heavy (non-hydrogen) atoms. The largest absolute Gasteiger partial charge is 0.493 e. The number of benzene rings is 2. The molecule has 0 unspecified atom stereocenters. The van der Waals surface area contributed by atoms with E-state index in [0.29, 0.717) is 30.0 Å². The third-order valence-electron chi connectivity index (χ3n) is 3.75. The van der Waals surface area contributed by atoms with Crippen molar-refractivity contribution in [1.82, 2.24) is 5.32 Å². The first kappa shape index (κ1) is 21.3. The Morgan fingerprint density at radius 1 is 1.25 bits per heavy atom. The van der Waals surface area contributed by atoms with Gasteiger partial charge < -0.3 is 14.8 Å². The van der Waals surface area contributed by atoms with Crippen LogP contribution in [0.2, 0.25) is 0 Å². The van der Waals surface area contributed by atoms with Crippen molar-refractivity contribution in [2.24, 2.45) is 4.40 Å². The highest BCUT2D eigenvalue weighted by molar-refractivity contribution is 7.97. The second-order valence-corrected chi connectivity index (χ2v) is 6.16. The molecular formula is C21H21FN2O3S. The minimum atomic E-state index is -0.365. The molecule has 0 aliphatic rings. The van der Waals surface area contributed by atoms with Crippen LogP contribution in [0.4, 0.5) is 4.39 Å². The highest BCUT2D eigenvalue weighted by atomic mass is 32.2. The molecule has 5 nitrogen and oxygen atoms in total. The number of terminal acetylenes is 1.